The molecule has 9 nitrogen and oxygen atoms in total. The van der Waals surface area contributed by atoms with Crippen molar-refractivity contribution in [1.82, 2.24) is 15.1 Å². The molecule has 2 aliphatic heterocycles. The van der Waals surface area contributed by atoms with Gasteiger partial charge in [-0.1, -0.05) is 0 Å². The first kappa shape index (κ1) is 16.1. The Bertz CT molecular complexity index is 557. The van der Waals surface area contributed by atoms with Crippen LogP contribution in [0, 0.1) is 0 Å². The van der Waals surface area contributed by atoms with Crippen LogP contribution in [0.25, 0.3) is 0 Å². The Morgan fingerprint density at radius 3 is 2.82 bits per heavy atom. The Hall–Kier alpha value is -2.29. The van der Waals surface area contributed by atoms with E-state index < -0.39 is 12.1 Å². The summed E-state index contributed by atoms with van der Waals surface area (Å²) >= 11 is 0. The van der Waals surface area contributed by atoms with Crippen molar-refractivity contribution >= 4 is 30.0 Å². The zero-order valence-electron chi connectivity index (χ0n) is 12.9. The standard InChI is InChI=1S/C13H19N5O4/c1-16-11-10(12(20)17(2)13(16)21)18(8-15-11)7-9(19)14-5-4-6-22-3/h8,10H,4-7H2,1-3H3/p+1. The number of hydrogen-bond donors (Lipinski definition) is 1. The Kier molecular flexibility index (Phi) is 4.86. The van der Waals surface area contributed by atoms with Gasteiger partial charge in [-0.3, -0.25) is 19.4 Å². The smallest absolute Gasteiger partial charge is 0.333 e. The van der Waals surface area contributed by atoms with E-state index in [1.54, 1.807) is 14.2 Å². The van der Waals surface area contributed by atoms with Gasteiger partial charge in [0.1, 0.15) is 0 Å². The van der Waals surface area contributed by atoms with Gasteiger partial charge >= 0.3 is 6.03 Å². The number of aliphatic imine (C=N–C) groups is 1. The molecule has 1 atom stereocenters. The van der Waals surface area contributed by atoms with E-state index in [-0.39, 0.29) is 18.4 Å². The highest BCUT2D eigenvalue weighted by atomic mass is 16.5. The van der Waals surface area contributed by atoms with Gasteiger partial charge < -0.3 is 10.1 Å². The van der Waals surface area contributed by atoms with Crippen molar-refractivity contribution in [2.75, 3.05) is 40.9 Å². The van der Waals surface area contributed by atoms with Crippen LogP contribution in [-0.2, 0) is 14.3 Å². The average molecular weight is 310 g/mol. The highest BCUT2D eigenvalue weighted by Crippen LogP contribution is 2.16. The molecule has 4 amide bonds. The van der Waals surface area contributed by atoms with E-state index in [4.69, 9.17) is 4.74 Å². The van der Waals surface area contributed by atoms with Gasteiger partial charge in [-0.2, -0.15) is 0 Å². The molecule has 2 rings (SSSR count). The normalized spacial score (nSPS) is 20.8. The van der Waals surface area contributed by atoms with E-state index in [0.717, 1.165) is 11.3 Å². The first-order valence-electron chi connectivity index (χ1n) is 6.95. The predicted molar refractivity (Wildman–Crippen MR) is 77.8 cm³/mol. The number of carbonyl (C=O) groups is 3. The third-order valence-corrected chi connectivity index (χ3v) is 3.57. The van der Waals surface area contributed by atoms with Crippen LogP contribution in [0.15, 0.2) is 4.99 Å². The molecule has 0 bridgehead atoms. The minimum absolute atomic E-state index is 0.00621. The Morgan fingerprint density at radius 1 is 1.41 bits per heavy atom. The van der Waals surface area contributed by atoms with Gasteiger partial charge in [0, 0.05) is 34.4 Å². The third kappa shape index (κ3) is 2.98. The molecule has 120 valence electrons. The molecular weight excluding hydrogens is 290 g/mol. The number of nitrogens with one attached hydrogen (secondary N) is 1. The van der Waals surface area contributed by atoms with Crippen LogP contribution >= 0.6 is 0 Å². The van der Waals surface area contributed by atoms with Gasteiger partial charge in [-0.15, -0.1) is 0 Å². The average Bonchev–Trinajstić information content (AvgIpc) is 2.91. The molecule has 1 unspecified atom stereocenters. The van der Waals surface area contributed by atoms with Crippen LogP contribution in [0.1, 0.15) is 6.42 Å². The molecule has 0 radical (unpaired) electrons. The number of nitrogens with zero attached hydrogens (tertiary/aromatic N) is 4. The van der Waals surface area contributed by atoms with Crippen molar-refractivity contribution < 1.29 is 23.7 Å². The van der Waals surface area contributed by atoms with E-state index in [0.29, 0.717) is 19.0 Å². The maximum atomic E-state index is 12.2. The van der Waals surface area contributed by atoms with Gasteiger partial charge in [0.25, 0.3) is 30.0 Å². The van der Waals surface area contributed by atoms with E-state index in [1.807, 2.05) is 0 Å². The summed E-state index contributed by atoms with van der Waals surface area (Å²) in [7, 11) is 4.57. The number of imide groups is 1. The lowest BCUT2D eigenvalue weighted by atomic mass is 10.1. The first-order chi connectivity index (χ1) is 10.5. The fraction of sp³-hybridized carbons (Fsp3) is 0.615. The topological polar surface area (TPSA) is 94.3 Å². The Balaban J connectivity index is 1.96. The molecule has 2 aliphatic rings. The first-order valence-corrected chi connectivity index (χ1v) is 6.95. The molecule has 0 saturated carbocycles. The largest absolute Gasteiger partial charge is 0.385 e. The number of amides is 4. The quantitative estimate of drug-likeness (QED) is 0.476. The summed E-state index contributed by atoms with van der Waals surface area (Å²) in [5.41, 5.74) is 0. The van der Waals surface area contributed by atoms with Crippen LogP contribution in [0.5, 0.6) is 0 Å². The zero-order valence-corrected chi connectivity index (χ0v) is 12.9. The molecule has 0 aromatic carbocycles. The molecule has 22 heavy (non-hydrogen) atoms. The summed E-state index contributed by atoms with van der Waals surface area (Å²) in [6.07, 6.45) is 2.14. The van der Waals surface area contributed by atoms with Crippen molar-refractivity contribution in [1.29, 1.82) is 0 Å². The second-order valence-electron chi connectivity index (χ2n) is 5.11. The lowest BCUT2D eigenvalue weighted by Crippen LogP contribution is -2.62. The summed E-state index contributed by atoms with van der Waals surface area (Å²) in [4.78, 5) is 42.4. The van der Waals surface area contributed by atoms with E-state index in [9.17, 15) is 14.4 Å². The number of fused-ring (bicyclic) bond motifs is 1. The molecule has 1 saturated heterocycles. The summed E-state index contributed by atoms with van der Waals surface area (Å²) in [6, 6.07) is -1.16. The molecular formula is C13H20N5O4+. The van der Waals surface area contributed by atoms with Gasteiger partial charge in [-0.25, -0.2) is 9.37 Å². The number of carbonyl (C=O) groups excluding carboxylic acids is 3. The molecule has 1 N–H and O–H groups in total. The van der Waals surface area contributed by atoms with Crippen LogP contribution < -0.4 is 5.32 Å². The van der Waals surface area contributed by atoms with E-state index in [2.05, 4.69) is 10.3 Å². The van der Waals surface area contributed by atoms with Gasteiger partial charge in [-0.05, 0) is 11.4 Å². The number of amidine groups is 1. The molecule has 0 aliphatic carbocycles. The van der Waals surface area contributed by atoms with Crippen LogP contribution in [-0.4, -0.2) is 91.3 Å². The fourth-order valence-electron chi connectivity index (χ4n) is 2.34. The minimum atomic E-state index is -0.725. The summed E-state index contributed by atoms with van der Waals surface area (Å²) in [6.45, 7) is 1.08. The minimum Gasteiger partial charge on any atom is -0.385 e. The van der Waals surface area contributed by atoms with Crippen molar-refractivity contribution in [2.45, 2.75) is 12.5 Å². The fourth-order valence-corrected chi connectivity index (χ4v) is 2.34. The third-order valence-electron chi connectivity index (χ3n) is 3.57. The highest BCUT2D eigenvalue weighted by molar-refractivity contribution is 6.21. The van der Waals surface area contributed by atoms with E-state index >= 15 is 0 Å². The Labute approximate surface area is 128 Å². The Morgan fingerprint density at radius 2 is 2.14 bits per heavy atom. The highest BCUT2D eigenvalue weighted by Gasteiger charge is 2.50. The van der Waals surface area contributed by atoms with Crippen molar-refractivity contribution in [3.8, 4) is 0 Å². The number of hydrogen-bond acceptors (Lipinski definition) is 5. The summed E-state index contributed by atoms with van der Waals surface area (Å²) < 4.78 is 6.43. The molecule has 9 heteroatoms. The van der Waals surface area contributed by atoms with Crippen LogP contribution in [0.4, 0.5) is 4.79 Å². The number of urea groups is 1. The predicted octanol–water partition coefficient (Wildman–Crippen LogP) is -1.52. The zero-order chi connectivity index (χ0) is 16.3. The lowest BCUT2D eigenvalue weighted by molar-refractivity contribution is -0.519. The van der Waals surface area contributed by atoms with Crippen LogP contribution in [0.2, 0.25) is 0 Å². The summed E-state index contributed by atoms with van der Waals surface area (Å²) in [5.74, 6) is -0.248. The second-order valence-corrected chi connectivity index (χ2v) is 5.11. The van der Waals surface area contributed by atoms with E-state index in [1.165, 1.54) is 22.9 Å². The number of ether oxygens (including phenoxy) is 1. The van der Waals surface area contributed by atoms with Crippen molar-refractivity contribution in [3.63, 3.8) is 0 Å². The number of rotatable bonds is 6. The molecule has 0 spiro atoms. The molecule has 1 fully saturated rings. The van der Waals surface area contributed by atoms with Gasteiger partial charge in [0.15, 0.2) is 6.54 Å². The van der Waals surface area contributed by atoms with Crippen molar-refractivity contribution in [2.24, 2.45) is 4.99 Å². The maximum Gasteiger partial charge on any atom is 0.333 e. The number of methoxy groups -OCH3 is 1. The lowest BCUT2D eigenvalue weighted by Gasteiger charge is -2.30. The molecule has 0 aromatic heterocycles. The maximum absolute atomic E-state index is 12.2. The second kappa shape index (κ2) is 6.65. The SMILES string of the molecule is COCCCNC(=O)C[N+]1=CN=C2C1C(=O)N(C)C(=O)N2C. The number of likely N-dealkylation sites (N-methyl/N-ethyl adjacent to an activating group) is 2. The van der Waals surface area contributed by atoms with Gasteiger partial charge in [0.2, 0.25) is 0 Å². The van der Waals surface area contributed by atoms with Crippen molar-refractivity contribution in [3.05, 3.63) is 0 Å². The molecule has 0 aromatic rings. The van der Waals surface area contributed by atoms with Gasteiger partial charge in [0.05, 0.1) is 0 Å². The monoisotopic (exact) mass is 310 g/mol. The summed E-state index contributed by atoms with van der Waals surface area (Å²) in [5, 5.41) is 2.75. The molecule has 2 heterocycles. The van der Waals surface area contributed by atoms with Crippen LogP contribution in [0.3, 0.4) is 0 Å².